The number of aromatic nitrogens is 2. The maximum absolute atomic E-state index is 12.4. The molecule has 1 aliphatic rings. The Morgan fingerprint density at radius 3 is 2.33 bits per heavy atom. The van der Waals surface area contributed by atoms with Crippen molar-refractivity contribution in [3.8, 4) is 0 Å². The lowest BCUT2D eigenvalue weighted by Crippen LogP contribution is -2.41. The van der Waals surface area contributed by atoms with Crippen LogP contribution >= 0.6 is 0 Å². The molecule has 27 heavy (non-hydrogen) atoms. The second kappa shape index (κ2) is 8.07. The Kier molecular flexibility index (Phi) is 6.61. The molecule has 152 valence electrons. The third-order valence-electron chi connectivity index (χ3n) is 4.99. The van der Waals surface area contributed by atoms with Gasteiger partial charge in [0.05, 0.1) is 17.8 Å². The molecule has 0 atom stereocenters. The van der Waals surface area contributed by atoms with E-state index in [2.05, 4.69) is 24.7 Å². The van der Waals surface area contributed by atoms with E-state index in [1.165, 1.54) is 0 Å². The van der Waals surface area contributed by atoms with Gasteiger partial charge in [-0.05, 0) is 40.7 Å². The normalized spacial score (nSPS) is 18.7. The van der Waals surface area contributed by atoms with Gasteiger partial charge in [-0.15, -0.1) is 0 Å². The summed E-state index contributed by atoms with van der Waals surface area (Å²) in [6.45, 7) is 17.8. The zero-order valence-corrected chi connectivity index (χ0v) is 18.9. The number of ether oxygens (including phenoxy) is 2. The molecule has 0 aliphatic carbocycles. The molecule has 0 amide bonds. The Balaban J connectivity index is 2.17. The van der Waals surface area contributed by atoms with E-state index in [0.717, 1.165) is 6.04 Å². The fourth-order valence-corrected chi connectivity index (χ4v) is 3.30. The molecule has 0 radical (unpaired) electrons. The van der Waals surface area contributed by atoms with Crippen LogP contribution in [0.3, 0.4) is 0 Å². The smallest absolute Gasteiger partial charge is 0.461 e. The lowest BCUT2D eigenvalue weighted by molar-refractivity contribution is 0.00578. The van der Waals surface area contributed by atoms with Gasteiger partial charge in [0.2, 0.25) is 0 Å². The molecular weight excluding hydrogens is 363 g/mol. The Morgan fingerprint density at radius 1 is 1.22 bits per heavy atom. The van der Waals surface area contributed by atoms with Crippen molar-refractivity contribution >= 4 is 26.6 Å². The van der Waals surface area contributed by atoms with Crippen molar-refractivity contribution in [2.75, 3.05) is 13.2 Å². The van der Waals surface area contributed by atoms with E-state index in [1.54, 1.807) is 17.8 Å². The summed E-state index contributed by atoms with van der Waals surface area (Å²) in [6.07, 6.45) is 1.75. The van der Waals surface area contributed by atoms with Gasteiger partial charge in [-0.25, -0.2) is 9.48 Å². The van der Waals surface area contributed by atoms with Crippen LogP contribution in [-0.2, 0) is 25.5 Å². The summed E-state index contributed by atoms with van der Waals surface area (Å²) in [7, 11) is -1.83. The number of esters is 1. The van der Waals surface area contributed by atoms with E-state index in [1.807, 2.05) is 27.7 Å². The zero-order valence-electron chi connectivity index (χ0n) is 17.9. The maximum Gasteiger partial charge on any atom is 0.498 e. The minimum Gasteiger partial charge on any atom is -0.461 e. The first-order chi connectivity index (χ1) is 12.4. The predicted octanol–water partition coefficient (Wildman–Crippen LogP) is 2.67. The molecule has 0 N–H and O–H groups in total. The third kappa shape index (κ3) is 5.43. The summed E-state index contributed by atoms with van der Waals surface area (Å²) < 4.78 is 24.7. The molecule has 2 rings (SSSR count). The standard InChI is InChI=1S/C18H33BN2O5Si/c1-9-24-16(22)15-14(19-25-17(2,3)18(4,5)26-19)12-21(20-15)13-23-10-11-27(6,7)8/h12H,9-11,13H2,1-8H3. The summed E-state index contributed by atoms with van der Waals surface area (Å²) in [4.78, 5) is 12.4. The maximum atomic E-state index is 12.4. The van der Waals surface area contributed by atoms with E-state index >= 15 is 0 Å². The van der Waals surface area contributed by atoms with Gasteiger partial charge in [0, 0.05) is 26.3 Å². The van der Waals surface area contributed by atoms with Crippen molar-refractivity contribution in [1.29, 1.82) is 0 Å². The topological polar surface area (TPSA) is 71.8 Å². The number of carbonyl (C=O) groups excluding carboxylic acids is 1. The number of carbonyl (C=O) groups is 1. The van der Waals surface area contributed by atoms with Crippen LogP contribution in [0.15, 0.2) is 6.20 Å². The lowest BCUT2D eigenvalue weighted by Gasteiger charge is -2.32. The van der Waals surface area contributed by atoms with Gasteiger partial charge in [0.1, 0.15) is 6.73 Å². The quantitative estimate of drug-likeness (QED) is 0.382. The zero-order chi connectivity index (χ0) is 20.5. The minimum absolute atomic E-state index is 0.212. The van der Waals surface area contributed by atoms with Gasteiger partial charge >= 0.3 is 13.1 Å². The van der Waals surface area contributed by atoms with E-state index in [4.69, 9.17) is 18.8 Å². The number of rotatable bonds is 8. The van der Waals surface area contributed by atoms with Gasteiger partial charge in [-0.3, -0.25) is 0 Å². The van der Waals surface area contributed by atoms with Crippen LogP contribution in [0.1, 0.15) is 45.1 Å². The third-order valence-corrected chi connectivity index (χ3v) is 6.69. The van der Waals surface area contributed by atoms with Crippen LogP contribution in [0.2, 0.25) is 25.7 Å². The van der Waals surface area contributed by atoms with Gasteiger partial charge in [0.15, 0.2) is 5.69 Å². The largest absolute Gasteiger partial charge is 0.498 e. The average molecular weight is 396 g/mol. The molecule has 9 heteroatoms. The molecule has 0 aromatic carbocycles. The van der Waals surface area contributed by atoms with E-state index < -0.39 is 32.4 Å². The number of hydrogen-bond acceptors (Lipinski definition) is 6. The summed E-state index contributed by atoms with van der Waals surface area (Å²) in [5, 5.41) is 4.37. The predicted molar refractivity (Wildman–Crippen MR) is 108 cm³/mol. The van der Waals surface area contributed by atoms with E-state index in [-0.39, 0.29) is 19.0 Å². The second-order valence-corrected chi connectivity index (χ2v) is 14.8. The van der Waals surface area contributed by atoms with Crippen LogP contribution in [0.4, 0.5) is 0 Å². The van der Waals surface area contributed by atoms with Crippen LogP contribution in [0.25, 0.3) is 0 Å². The van der Waals surface area contributed by atoms with Crippen molar-refractivity contribution in [3.05, 3.63) is 11.9 Å². The van der Waals surface area contributed by atoms with Crippen molar-refractivity contribution in [1.82, 2.24) is 9.78 Å². The Labute approximate surface area is 163 Å². The van der Waals surface area contributed by atoms with Crippen LogP contribution in [-0.4, -0.2) is 55.4 Å². The Bertz CT molecular complexity index is 653. The van der Waals surface area contributed by atoms with Crippen molar-refractivity contribution in [2.45, 2.75) is 78.2 Å². The van der Waals surface area contributed by atoms with Crippen LogP contribution in [0, 0.1) is 0 Å². The van der Waals surface area contributed by atoms with Crippen molar-refractivity contribution < 1.29 is 23.6 Å². The molecule has 0 saturated carbocycles. The highest BCUT2D eigenvalue weighted by atomic mass is 28.3. The molecule has 7 nitrogen and oxygen atoms in total. The summed E-state index contributed by atoms with van der Waals surface area (Å²) in [6, 6.07) is 1.07. The van der Waals surface area contributed by atoms with Crippen LogP contribution < -0.4 is 5.46 Å². The number of nitrogens with zero attached hydrogens (tertiary/aromatic N) is 2. The fourth-order valence-electron chi connectivity index (χ4n) is 2.54. The first kappa shape index (κ1) is 22.1. The molecule has 0 spiro atoms. The molecule has 1 aromatic rings. The minimum atomic E-state index is -1.15. The molecule has 1 saturated heterocycles. The number of hydrogen-bond donors (Lipinski definition) is 0. The molecule has 1 aliphatic heterocycles. The molecule has 2 heterocycles. The summed E-state index contributed by atoms with van der Waals surface area (Å²) in [5.41, 5.74) is -0.218. The molecule has 1 fully saturated rings. The summed E-state index contributed by atoms with van der Waals surface area (Å²) in [5.74, 6) is -0.483. The lowest BCUT2D eigenvalue weighted by atomic mass is 9.79. The second-order valence-electron chi connectivity index (χ2n) is 9.13. The molecule has 1 aromatic heterocycles. The molecule has 0 unspecified atom stereocenters. The first-order valence-corrected chi connectivity index (χ1v) is 13.2. The fraction of sp³-hybridized carbons (Fsp3) is 0.778. The Hall–Kier alpha value is -1.16. The van der Waals surface area contributed by atoms with E-state index in [9.17, 15) is 4.79 Å². The van der Waals surface area contributed by atoms with Crippen LogP contribution in [0.5, 0.6) is 0 Å². The van der Waals surface area contributed by atoms with Crippen molar-refractivity contribution in [2.24, 2.45) is 0 Å². The monoisotopic (exact) mass is 396 g/mol. The highest BCUT2D eigenvalue weighted by Gasteiger charge is 2.53. The molecule has 0 bridgehead atoms. The SMILES string of the molecule is CCOC(=O)c1nn(COCC[Si](C)(C)C)cc1B1OC(C)(C)C(C)(C)O1. The van der Waals surface area contributed by atoms with Crippen molar-refractivity contribution in [3.63, 3.8) is 0 Å². The van der Waals surface area contributed by atoms with Gasteiger partial charge in [0.25, 0.3) is 0 Å². The summed E-state index contributed by atoms with van der Waals surface area (Å²) >= 11 is 0. The van der Waals surface area contributed by atoms with Gasteiger partial charge < -0.3 is 18.8 Å². The molecular formula is C18H33BN2O5Si. The first-order valence-electron chi connectivity index (χ1n) is 9.54. The van der Waals surface area contributed by atoms with Gasteiger partial charge in [-0.1, -0.05) is 19.6 Å². The highest BCUT2D eigenvalue weighted by molar-refractivity contribution is 6.76. The van der Waals surface area contributed by atoms with E-state index in [0.29, 0.717) is 12.1 Å². The highest BCUT2D eigenvalue weighted by Crippen LogP contribution is 2.36. The Morgan fingerprint density at radius 2 is 1.81 bits per heavy atom. The van der Waals surface area contributed by atoms with Gasteiger partial charge in [-0.2, -0.15) is 5.10 Å². The average Bonchev–Trinajstić information content (AvgIpc) is 3.02.